The first-order chi connectivity index (χ1) is 15.8. The first-order valence-electron chi connectivity index (χ1n) is 11.0. The van der Waals surface area contributed by atoms with Gasteiger partial charge in [0.2, 0.25) is 0 Å². The van der Waals surface area contributed by atoms with Crippen molar-refractivity contribution in [3.05, 3.63) is 75.7 Å². The fourth-order valence-corrected chi connectivity index (χ4v) is 3.74. The molecule has 2 heterocycles. The van der Waals surface area contributed by atoms with Crippen LogP contribution in [0.4, 0.5) is 11.4 Å². The van der Waals surface area contributed by atoms with Gasteiger partial charge in [-0.3, -0.25) is 9.59 Å². The summed E-state index contributed by atoms with van der Waals surface area (Å²) >= 11 is 0. The molecule has 0 bridgehead atoms. The Morgan fingerprint density at radius 3 is 2.48 bits per heavy atom. The number of amides is 1. The van der Waals surface area contributed by atoms with Crippen LogP contribution in [0, 0.1) is 13.8 Å². The molecule has 1 N–H and O–H groups in total. The maximum atomic E-state index is 13.0. The van der Waals surface area contributed by atoms with Crippen molar-refractivity contribution in [1.29, 1.82) is 0 Å². The molecule has 0 atom stereocenters. The van der Waals surface area contributed by atoms with Crippen molar-refractivity contribution in [2.45, 2.75) is 13.8 Å². The largest absolute Gasteiger partial charge is 0.453 e. The second kappa shape index (κ2) is 9.46. The predicted octanol–water partition coefficient (Wildman–Crippen LogP) is 3.32. The van der Waals surface area contributed by atoms with E-state index in [1.165, 1.54) is 10.9 Å². The lowest BCUT2D eigenvalue weighted by Gasteiger charge is -2.32. The van der Waals surface area contributed by atoms with Gasteiger partial charge in [0.25, 0.3) is 11.5 Å². The first-order valence-corrected chi connectivity index (χ1v) is 11.0. The summed E-state index contributed by atoms with van der Waals surface area (Å²) in [6, 6.07) is 13.0. The van der Waals surface area contributed by atoms with Crippen molar-refractivity contribution in [3.8, 4) is 11.5 Å². The third-order valence-electron chi connectivity index (χ3n) is 6.05. The zero-order chi connectivity index (χ0) is 23.5. The van der Waals surface area contributed by atoms with E-state index in [2.05, 4.69) is 22.4 Å². The fraction of sp³-hybridized carbons (Fsp3) is 0.320. The molecule has 3 aromatic rings. The number of carbonyl (C=O) groups is 1. The molecule has 0 spiro atoms. The quantitative estimate of drug-likeness (QED) is 0.646. The van der Waals surface area contributed by atoms with Gasteiger partial charge in [-0.2, -0.15) is 5.10 Å². The van der Waals surface area contributed by atoms with Gasteiger partial charge in [0.15, 0.2) is 11.4 Å². The molecule has 8 heteroatoms. The predicted molar refractivity (Wildman–Crippen MR) is 129 cm³/mol. The lowest BCUT2D eigenvalue weighted by Crippen LogP contribution is -2.47. The molecule has 1 aliphatic rings. The molecule has 172 valence electrons. The summed E-state index contributed by atoms with van der Waals surface area (Å²) in [4.78, 5) is 30.0. The second-order valence-corrected chi connectivity index (χ2v) is 8.41. The highest BCUT2D eigenvalue weighted by atomic mass is 16.5. The van der Waals surface area contributed by atoms with Crippen molar-refractivity contribution in [3.63, 3.8) is 0 Å². The van der Waals surface area contributed by atoms with Crippen LogP contribution in [0.1, 0.15) is 21.5 Å². The number of aromatic nitrogens is 2. The number of nitrogens with zero attached hydrogens (tertiary/aromatic N) is 4. The lowest BCUT2D eigenvalue weighted by atomic mass is 10.1. The minimum absolute atomic E-state index is 0.0127. The van der Waals surface area contributed by atoms with Crippen LogP contribution in [0.25, 0.3) is 0 Å². The lowest BCUT2D eigenvalue weighted by molar-refractivity contribution is 0.0664. The SMILES string of the molecule is Cc1cccc(Oc2cnn(C)c(=O)c2Nc2cccc(C(=O)N3CCN(C)CC3)c2)c1C. The minimum atomic E-state index is -0.325. The Bertz CT molecular complexity index is 1230. The highest BCUT2D eigenvalue weighted by Gasteiger charge is 2.21. The summed E-state index contributed by atoms with van der Waals surface area (Å²) in [5.41, 5.74) is 3.22. The van der Waals surface area contributed by atoms with Crippen LogP contribution in [0.15, 0.2) is 53.5 Å². The zero-order valence-electron chi connectivity index (χ0n) is 19.5. The van der Waals surface area contributed by atoms with Crippen molar-refractivity contribution in [1.82, 2.24) is 19.6 Å². The molecule has 33 heavy (non-hydrogen) atoms. The number of aryl methyl sites for hydroxylation is 2. The second-order valence-electron chi connectivity index (χ2n) is 8.41. The molecule has 0 aliphatic carbocycles. The standard InChI is InChI=1S/C25H29N5O3/c1-17-7-5-10-21(18(17)2)33-22-16-26-29(4)25(32)23(22)27-20-9-6-8-19(15-20)24(31)30-13-11-28(3)12-14-30/h5-10,15-16,27H,11-14H2,1-4H3. The normalized spacial score (nSPS) is 14.2. The maximum Gasteiger partial charge on any atom is 0.294 e. The number of anilines is 2. The number of nitrogens with one attached hydrogen (secondary N) is 1. The van der Waals surface area contributed by atoms with E-state index in [9.17, 15) is 9.59 Å². The fourth-order valence-electron chi connectivity index (χ4n) is 3.74. The van der Waals surface area contributed by atoms with Crippen LogP contribution in [0.3, 0.4) is 0 Å². The zero-order valence-corrected chi connectivity index (χ0v) is 19.5. The number of carbonyl (C=O) groups excluding carboxylic acids is 1. The van der Waals surface area contributed by atoms with E-state index in [-0.39, 0.29) is 17.2 Å². The molecule has 8 nitrogen and oxygen atoms in total. The molecular weight excluding hydrogens is 418 g/mol. The average molecular weight is 448 g/mol. The molecular formula is C25H29N5O3. The summed E-state index contributed by atoms with van der Waals surface area (Å²) in [5.74, 6) is 0.968. The van der Waals surface area contributed by atoms with Crippen LogP contribution in [-0.4, -0.2) is 58.7 Å². The van der Waals surface area contributed by atoms with Gasteiger partial charge in [-0.05, 0) is 56.3 Å². The van der Waals surface area contributed by atoms with E-state index < -0.39 is 0 Å². The molecule has 0 radical (unpaired) electrons. The van der Waals surface area contributed by atoms with Crippen LogP contribution < -0.4 is 15.6 Å². The van der Waals surface area contributed by atoms with Gasteiger partial charge in [-0.15, -0.1) is 0 Å². The van der Waals surface area contributed by atoms with Gasteiger partial charge in [-0.25, -0.2) is 4.68 Å². The summed E-state index contributed by atoms with van der Waals surface area (Å²) < 4.78 is 7.34. The van der Waals surface area contributed by atoms with Crippen molar-refractivity contribution >= 4 is 17.3 Å². The summed E-state index contributed by atoms with van der Waals surface area (Å²) in [7, 11) is 3.64. The number of ether oxygens (including phenoxy) is 1. The van der Waals surface area contributed by atoms with Crippen LogP contribution >= 0.6 is 0 Å². The van der Waals surface area contributed by atoms with Gasteiger partial charge >= 0.3 is 0 Å². The molecule has 1 aromatic heterocycles. The number of hydrogen-bond acceptors (Lipinski definition) is 6. The molecule has 1 fully saturated rings. The Morgan fingerprint density at radius 1 is 1.00 bits per heavy atom. The van der Waals surface area contributed by atoms with Gasteiger partial charge in [0, 0.05) is 44.5 Å². The topological polar surface area (TPSA) is 79.7 Å². The van der Waals surface area contributed by atoms with Crippen molar-refractivity contribution in [2.24, 2.45) is 7.05 Å². The summed E-state index contributed by atoms with van der Waals surface area (Å²) in [5, 5.41) is 7.28. The number of likely N-dealkylation sites (N-methyl/N-ethyl adjacent to an activating group) is 1. The third kappa shape index (κ3) is 4.90. The molecule has 0 unspecified atom stereocenters. The summed E-state index contributed by atoms with van der Waals surface area (Å²) in [6.07, 6.45) is 1.52. The Hall–Kier alpha value is -3.65. The van der Waals surface area contributed by atoms with Gasteiger partial charge in [0.1, 0.15) is 5.75 Å². The smallest absolute Gasteiger partial charge is 0.294 e. The number of hydrogen-bond donors (Lipinski definition) is 1. The average Bonchev–Trinajstić information content (AvgIpc) is 2.82. The number of piperazine rings is 1. The number of benzene rings is 2. The van der Waals surface area contributed by atoms with E-state index in [0.29, 0.717) is 35.8 Å². The van der Waals surface area contributed by atoms with E-state index >= 15 is 0 Å². The van der Waals surface area contributed by atoms with Crippen molar-refractivity contribution < 1.29 is 9.53 Å². The molecule has 1 saturated heterocycles. The van der Waals surface area contributed by atoms with Gasteiger partial charge in [0.05, 0.1) is 6.20 Å². The van der Waals surface area contributed by atoms with Gasteiger partial charge < -0.3 is 19.9 Å². The first kappa shape index (κ1) is 22.5. The van der Waals surface area contributed by atoms with E-state index in [0.717, 1.165) is 24.2 Å². The van der Waals surface area contributed by atoms with E-state index in [1.54, 1.807) is 19.2 Å². The van der Waals surface area contributed by atoms with E-state index in [1.807, 2.05) is 49.1 Å². The highest BCUT2D eigenvalue weighted by molar-refractivity contribution is 5.95. The molecule has 1 aliphatic heterocycles. The minimum Gasteiger partial charge on any atom is -0.453 e. The molecule has 4 rings (SSSR count). The van der Waals surface area contributed by atoms with Crippen LogP contribution in [0.2, 0.25) is 0 Å². The van der Waals surface area contributed by atoms with Gasteiger partial charge in [-0.1, -0.05) is 18.2 Å². The monoisotopic (exact) mass is 447 g/mol. The highest BCUT2D eigenvalue weighted by Crippen LogP contribution is 2.31. The van der Waals surface area contributed by atoms with E-state index in [4.69, 9.17) is 4.74 Å². The molecule has 0 saturated carbocycles. The Kier molecular flexibility index (Phi) is 6.46. The Balaban J connectivity index is 1.62. The Labute approximate surface area is 193 Å². The molecule has 2 aromatic carbocycles. The molecule has 1 amide bonds. The third-order valence-corrected chi connectivity index (χ3v) is 6.05. The van der Waals surface area contributed by atoms with Crippen LogP contribution in [0.5, 0.6) is 11.5 Å². The Morgan fingerprint density at radius 2 is 1.73 bits per heavy atom. The van der Waals surface area contributed by atoms with Crippen LogP contribution in [-0.2, 0) is 7.05 Å². The number of rotatable bonds is 5. The van der Waals surface area contributed by atoms with Crippen molar-refractivity contribution in [2.75, 3.05) is 38.5 Å². The maximum absolute atomic E-state index is 13.0. The summed E-state index contributed by atoms with van der Waals surface area (Å²) in [6.45, 7) is 7.09.